The molecule has 74 valence electrons. The molecular weight excluding hydrogens is 212 g/mol. The standard InChI is InChI=1S/C11H7ClN2O/c12-8-3-4-10-9(7-8)13-11(15-10)14-5-1-2-6-14/h1-7H. The number of rotatable bonds is 1. The molecule has 4 heteroatoms. The van der Waals surface area contributed by atoms with Crippen LogP contribution in [0.25, 0.3) is 17.1 Å². The van der Waals surface area contributed by atoms with Crippen molar-refractivity contribution in [3.8, 4) is 6.01 Å². The molecule has 0 radical (unpaired) electrons. The van der Waals surface area contributed by atoms with E-state index in [9.17, 15) is 0 Å². The molecule has 2 aromatic heterocycles. The molecule has 2 heterocycles. The van der Waals surface area contributed by atoms with Gasteiger partial charge in [-0.1, -0.05) is 11.6 Å². The summed E-state index contributed by atoms with van der Waals surface area (Å²) in [6.45, 7) is 0. The zero-order valence-corrected chi connectivity index (χ0v) is 8.48. The van der Waals surface area contributed by atoms with Crippen LogP contribution in [0.4, 0.5) is 0 Å². The van der Waals surface area contributed by atoms with E-state index in [1.165, 1.54) is 0 Å². The number of hydrogen-bond acceptors (Lipinski definition) is 2. The average molecular weight is 219 g/mol. The van der Waals surface area contributed by atoms with Gasteiger partial charge in [-0.25, -0.2) is 0 Å². The van der Waals surface area contributed by atoms with E-state index in [0.717, 1.165) is 11.1 Å². The summed E-state index contributed by atoms with van der Waals surface area (Å²) in [4.78, 5) is 4.33. The lowest BCUT2D eigenvalue weighted by atomic mass is 10.3. The van der Waals surface area contributed by atoms with Crippen LogP contribution >= 0.6 is 11.6 Å². The highest BCUT2D eigenvalue weighted by molar-refractivity contribution is 6.31. The third-order valence-corrected chi connectivity index (χ3v) is 2.40. The van der Waals surface area contributed by atoms with Gasteiger partial charge in [-0.05, 0) is 30.3 Å². The normalized spacial score (nSPS) is 11.0. The number of halogens is 1. The summed E-state index contributed by atoms with van der Waals surface area (Å²) < 4.78 is 7.37. The van der Waals surface area contributed by atoms with E-state index in [4.69, 9.17) is 16.0 Å². The summed E-state index contributed by atoms with van der Waals surface area (Å²) in [7, 11) is 0. The number of aromatic nitrogens is 2. The Bertz CT molecular complexity index is 598. The smallest absolute Gasteiger partial charge is 0.306 e. The lowest BCUT2D eigenvalue weighted by Gasteiger charge is -1.91. The second kappa shape index (κ2) is 3.14. The largest absolute Gasteiger partial charge is 0.423 e. The molecule has 0 N–H and O–H groups in total. The van der Waals surface area contributed by atoms with Crippen molar-refractivity contribution in [1.29, 1.82) is 0 Å². The van der Waals surface area contributed by atoms with Crippen LogP contribution in [-0.2, 0) is 0 Å². The second-order valence-electron chi connectivity index (χ2n) is 3.20. The van der Waals surface area contributed by atoms with E-state index in [1.807, 2.05) is 35.2 Å². The van der Waals surface area contributed by atoms with Crippen LogP contribution in [0.15, 0.2) is 47.1 Å². The summed E-state index contributed by atoms with van der Waals surface area (Å²) in [5.74, 6) is 0. The molecule has 0 bridgehead atoms. The maximum absolute atomic E-state index is 5.86. The fraction of sp³-hybridized carbons (Fsp3) is 0. The molecule has 0 aliphatic carbocycles. The SMILES string of the molecule is Clc1ccc2oc(-n3cccc3)nc2c1. The van der Waals surface area contributed by atoms with Gasteiger partial charge in [0, 0.05) is 17.4 Å². The number of hydrogen-bond donors (Lipinski definition) is 0. The molecule has 0 amide bonds. The summed E-state index contributed by atoms with van der Waals surface area (Å²) in [5.41, 5.74) is 1.51. The number of benzene rings is 1. The minimum absolute atomic E-state index is 0.553. The first-order valence-corrected chi connectivity index (χ1v) is 4.90. The van der Waals surface area contributed by atoms with Crippen molar-refractivity contribution in [2.24, 2.45) is 0 Å². The highest BCUT2D eigenvalue weighted by Crippen LogP contribution is 2.21. The molecule has 0 saturated heterocycles. The Morgan fingerprint density at radius 2 is 2.00 bits per heavy atom. The minimum atomic E-state index is 0.553. The van der Waals surface area contributed by atoms with Crippen LogP contribution in [-0.4, -0.2) is 9.55 Å². The average Bonchev–Trinajstić information content (AvgIpc) is 2.84. The Balaban J connectivity index is 2.22. The Labute approximate surface area is 90.9 Å². The molecule has 0 fully saturated rings. The van der Waals surface area contributed by atoms with E-state index in [-0.39, 0.29) is 0 Å². The van der Waals surface area contributed by atoms with Gasteiger partial charge < -0.3 is 4.42 Å². The fourth-order valence-electron chi connectivity index (χ4n) is 1.46. The molecule has 15 heavy (non-hydrogen) atoms. The maximum atomic E-state index is 5.86. The fourth-order valence-corrected chi connectivity index (χ4v) is 1.63. The Morgan fingerprint density at radius 1 is 1.20 bits per heavy atom. The Kier molecular flexibility index (Phi) is 1.79. The van der Waals surface area contributed by atoms with Gasteiger partial charge in [0.25, 0.3) is 0 Å². The molecule has 3 nitrogen and oxygen atoms in total. The lowest BCUT2D eigenvalue weighted by molar-refractivity contribution is 0.565. The van der Waals surface area contributed by atoms with Gasteiger partial charge in [0.2, 0.25) is 0 Å². The molecule has 0 saturated carbocycles. The molecule has 3 aromatic rings. The van der Waals surface area contributed by atoms with Gasteiger partial charge in [-0.3, -0.25) is 4.57 Å². The molecule has 3 rings (SSSR count). The summed E-state index contributed by atoms with van der Waals surface area (Å²) >= 11 is 5.86. The van der Waals surface area contributed by atoms with Crippen molar-refractivity contribution in [2.75, 3.05) is 0 Å². The van der Waals surface area contributed by atoms with E-state index >= 15 is 0 Å². The molecule has 0 spiro atoms. The van der Waals surface area contributed by atoms with Crippen LogP contribution in [0.2, 0.25) is 5.02 Å². The van der Waals surface area contributed by atoms with Gasteiger partial charge in [0.15, 0.2) is 5.58 Å². The van der Waals surface area contributed by atoms with Crippen LogP contribution in [0.3, 0.4) is 0 Å². The molecule has 0 aliphatic heterocycles. The molecule has 0 atom stereocenters. The predicted octanol–water partition coefficient (Wildman–Crippen LogP) is 3.27. The molecular formula is C11H7ClN2O. The summed E-state index contributed by atoms with van der Waals surface area (Å²) in [6, 6.07) is 9.78. The summed E-state index contributed by atoms with van der Waals surface area (Å²) in [5, 5.41) is 0.662. The molecule has 1 aromatic carbocycles. The topological polar surface area (TPSA) is 31.0 Å². The van der Waals surface area contributed by atoms with Crippen LogP contribution in [0.5, 0.6) is 0 Å². The third-order valence-electron chi connectivity index (χ3n) is 2.16. The maximum Gasteiger partial charge on any atom is 0.306 e. The zero-order valence-electron chi connectivity index (χ0n) is 7.72. The van der Waals surface area contributed by atoms with E-state index in [1.54, 1.807) is 12.1 Å². The van der Waals surface area contributed by atoms with Crippen LogP contribution in [0, 0.1) is 0 Å². The highest BCUT2D eigenvalue weighted by atomic mass is 35.5. The number of fused-ring (bicyclic) bond motifs is 1. The van der Waals surface area contributed by atoms with Gasteiger partial charge in [0.1, 0.15) is 5.52 Å². The number of oxazole rings is 1. The van der Waals surface area contributed by atoms with Crippen molar-refractivity contribution in [2.45, 2.75) is 0 Å². The van der Waals surface area contributed by atoms with Crippen molar-refractivity contribution < 1.29 is 4.42 Å². The van der Waals surface area contributed by atoms with Gasteiger partial charge in [0.05, 0.1) is 0 Å². The van der Waals surface area contributed by atoms with Gasteiger partial charge >= 0.3 is 6.01 Å². The number of nitrogens with zero attached hydrogens (tertiary/aromatic N) is 2. The van der Waals surface area contributed by atoms with Crippen molar-refractivity contribution in [3.05, 3.63) is 47.7 Å². The quantitative estimate of drug-likeness (QED) is 0.628. The van der Waals surface area contributed by atoms with Crippen molar-refractivity contribution in [1.82, 2.24) is 9.55 Å². The first kappa shape index (κ1) is 8.56. The molecule has 0 unspecified atom stereocenters. The monoisotopic (exact) mass is 218 g/mol. The third kappa shape index (κ3) is 1.41. The lowest BCUT2D eigenvalue weighted by Crippen LogP contribution is -1.87. The first-order valence-electron chi connectivity index (χ1n) is 4.52. The van der Waals surface area contributed by atoms with Gasteiger partial charge in [-0.15, -0.1) is 0 Å². The Hall–Kier alpha value is -1.74. The zero-order chi connectivity index (χ0) is 10.3. The summed E-state index contributed by atoms with van der Waals surface area (Å²) in [6.07, 6.45) is 3.76. The Morgan fingerprint density at radius 3 is 2.80 bits per heavy atom. The predicted molar refractivity (Wildman–Crippen MR) is 58.3 cm³/mol. The minimum Gasteiger partial charge on any atom is -0.423 e. The van der Waals surface area contributed by atoms with Crippen molar-refractivity contribution >= 4 is 22.7 Å². The van der Waals surface area contributed by atoms with E-state index < -0.39 is 0 Å². The van der Waals surface area contributed by atoms with Crippen LogP contribution in [0.1, 0.15) is 0 Å². The highest BCUT2D eigenvalue weighted by Gasteiger charge is 2.06. The molecule has 0 aliphatic rings. The second-order valence-corrected chi connectivity index (χ2v) is 3.64. The van der Waals surface area contributed by atoms with E-state index in [2.05, 4.69) is 4.98 Å². The first-order chi connectivity index (χ1) is 7.33. The van der Waals surface area contributed by atoms with Crippen LogP contribution < -0.4 is 0 Å². The van der Waals surface area contributed by atoms with E-state index in [0.29, 0.717) is 11.0 Å². The van der Waals surface area contributed by atoms with Crippen molar-refractivity contribution in [3.63, 3.8) is 0 Å². The van der Waals surface area contributed by atoms with Gasteiger partial charge in [-0.2, -0.15) is 4.98 Å².